The van der Waals surface area contributed by atoms with Gasteiger partial charge in [-0.2, -0.15) is 5.10 Å². The molecule has 5 heteroatoms. The molecule has 3 aromatic rings. The topological polar surface area (TPSA) is 56.2 Å². The summed E-state index contributed by atoms with van der Waals surface area (Å²) in [5, 5.41) is 7.20. The Balaban J connectivity index is 1.53. The molecule has 2 aromatic carbocycles. The van der Waals surface area contributed by atoms with E-state index in [9.17, 15) is 4.79 Å². The summed E-state index contributed by atoms with van der Waals surface area (Å²) in [5.74, 6) is 0.659. The maximum atomic E-state index is 12.6. The van der Waals surface area contributed by atoms with Crippen LogP contribution in [0.25, 0.3) is 5.69 Å². The van der Waals surface area contributed by atoms with E-state index in [0.29, 0.717) is 6.42 Å². The van der Waals surface area contributed by atoms with Crippen LogP contribution in [0.1, 0.15) is 11.1 Å². The van der Waals surface area contributed by atoms with E-state index in [-0.39, 0.29) is 5.91 Å². The number of anilines is 1. The van der Waals surface area contributed by atoms with Gasteiger partial charge < -0.3 is 10.1 Å². The van der Waals surface area contributed by atoms with Crippen molar-refractivity contribution < 1.29 is 9.53 Å². The van der Waals surface area contributed by atoms with Gasteiger partial charge in [-0.05, 0) is 42.3 Å². The number of benzene rings is 2. The first-order valence-electron chi connectivity index (χ1n) is 7.87. The van der Waals surface area contributed by atoms with Crippen molar-refractivity contribution in [1.82, 2.24) is 9.78 Å². The Morgan fingerprint density at radius 3 is 2.92 bits per heavy atom. The summed E-state index contributed by atoms with van der Waals surface area (Å²) < 4.78 is 7.51. The molecule has 4 rings (SSSR count). The SMILES string of the molecule is Cc1ccc(-n2cccn2)cc1NC(=O)[C@@H]1Cc2ccccc2O1. The van der Waals surface area contributed by atoms with Gasteiger partial charge in [-0.25, -0.2) is 4.68 Å². The third-order valence-corrected chi connectivity index (χ3v) is 4.19. The summed E-state index contributed by atoms with van der Waals surface area (Å²) >= 11 is 0. The molecule has 1 aliphatic heterocycles. The zero-order valence-corrected chi connectivity index (χ0v) is 13.3. The lowest BCUT2D eigenvalue weighted by atomic mass is 10.1. The Hall–Kier alpha value is -3.08. The van der Waals surface area contributed by atoms with Gasteiger partial charge in [0.05, 0.1) is 5.69 Å². The van der Waals surface area contributed by atoms with Gasteiger partial charge in [0.2, 0.25) is 0 Å². The van der Waals surface area contributed by atoms with Crippen LogP contribution in [0.15, 0.2) is 60.9 Å². The fourth-order valence-electron chi connectivity index (χ4n) is 2.85. The maximum absolute atomic E-state index is 12.6. The highest BCUT2D eigenvalue weighted by atomic mass is 16.5. The summed E-state index contributed by atoms with van der Waals surface area (Å²) in [7, 11) is 0. The number of rotatable bonds is 3. The van der Waals surface area contributed by atoms with Gasteiger partial charge in [0, 0.05) is 24.5 Å². The first-order valence-corrected chi connectivity index (χ1v) is 7.87. The lowest BCUT2D eigenvalue weighted by Crippen LogP contribution is -2.31. The van der Waals surface area contributed by atoms with Crippen molar-refractivity contribution in [3.8, 4) is 11.4 Å². The molecule has 2 heterocycles. The zero-order valence-electron chi connectivity index (χ0n) is 13.3. The van der Waals surface area contributed by atoms with E-state index >= 15 is 0 Å². The van der Waals surface area contributed by atoms with Crippen molar-refractivity contribution in [2.45, 2.75) is 19.4 Å². The highest BCUT2D eigenvalue weighted by Crippen LogP contribution is 2.29. The predicted molar refractivity (Wildman–Crippen MR) is 91.5 cm³/mol. The van der Waals surface area contributed by atoms with Gasteiger partial charge in [0.15, 0.2) is 6.10 Å². The molecule has 0 fully saturated rings. The van der Waals surface area contributed by atoms with Crippen molar-refractivity contribution in [3.63, 3.8) is 0 Å². The number of amides is 1. The lowest BCUT2D eigenvalue weighted by molar-refractivity contribution is -0.122. The number of aromatic nitrogens is 2. The summed E-state index contributed by atoms with van der Waals surface area (Å²) in [6, 6.07) is 15.5. The van der Waals surface area contributed by atoms with Crippen LogP contribution in [0.3, 0.4) is 0 Å². The van der Waals surface area contributed by atoms with Crippen LogP contribution in [-0.2, 0) is 11.2 Å². The molecule has 5 nitrogen and oxygen atoms in total. The number of fused-ring (bicyclic) bond motifs is 1. The smallest absolute Gasteiger partial charge is 0.265 e. The number of hydrogen-bond acceptors (Lipinski definition) is 3. The molecular formula is C19H17N3O2. The number of ether oxygens (including phenoxy) is 1. The molecule has 1 aliphatic rings. The molecule has 0 spiro atoms. The van der Waals surface area contributed by atoms with Crippen LogP contribution < -0.4 is 10.1 Å². The minimum atomic E-state index is -0.491. The van der Waals surface area contributed by atoms with E-state index in [1.165, 1.54) is 0 Å². The molecule has 0 aliphatic carbocycles. The quantitative estimate of drug-likeness (QED) is 0.807. The van der Waals surface area contributed by atoms with E-state index in [0.717, 1.165) is 28.3 Å². The van der Waals surface area contributed by atoms with Crippen LogP contribution in [-0.4, -0.2) is 21.8 Å². The monoisotopic (exact) mass is 319 g/mol. The van der Waals surface area contributed by atoms with E-state index in [1.807, 2.05) is 61.7 Å². The minimum absolute atomic E-state index is 0.132. The van der Waals surface area contributed by atoms with Gasteiger partial charge >= 0.3 is 0 Å². The molecule has 0 unspecified atom stereocenters. The molecule has 120 valence electrons. The van der Waals surface area contributed by atoms with Gasteiger partial charge in [-0.15, -0.1) is 0 Å². The Bertz CT molecular complexity index is 862. The molecule has 1 atom stereocenters. The normalized spacial score (nSPS) is 15.6. The summed E-state index contributed by atoms with van der Waals surface area (Å²) in [4.78, 5) is 12.6. The van der Waals surface area contributed by atoms with Crippen LogP contribution in [0.2, 0.25) is 0 Å². The third kappa shape index (κ3) is 2.65. The molecule has 0 saturated carbocycles. The van der Waals surface area contributed by atoms with Crippen LogP contribution in [0.4, 0.5) is 5.69 Å². The second-order valence-corrected chi connectivity index (χ2v) is 5.86. The van der Waals surface area contributed by atoms with Crippen LogP contribution >= 0.6 is 0 Å². The molecular weight excluding hydrogens is 302 g/mol. The van der Waals surface area contributed by atoms with Gasteiger partial charge in [-0.3, -0.25) is 4.79 Å². The number of aryl methyl sites for hydroxylation is 1. The van der Waals surface area contributed by atoms with Gasteiger partial charge in [-0.1, -0.05) is 24.3 Å². The molecule has 1 aromatic heterocycles. The molecule has 1 amide bonds. The predicted octanol–water partition coefficient (Wildman–Crippen LogP) is 3.12. The average molecular weight is 319 g/mol. The van der Waals surface area contributed by atoms with Crippen molar-refractivity contribution in [2.75, 3.05) is 5.32 Å². The van der Waals surface area contributed by atoms with Gasteiger partial charge in [0.1, 0.15) is 5.75 Å². The second kappa shape index (κ2) is 5.85. The molecule has 0 radical (unpaired) electrons. The van der Waals surface area contributed by atoms with Crippen LogP contribution in [0.5, 0.6) is 5.75 Å². The Morgan fingerprint density at radius 1 is 1.25 bits per heavy atom. The summed E-state index contributed by atoms with van der Waals surface area (Å²) in [5.41, 5.74) is 3.73. The maximum Gasteiger partial charge on any atom is 0.265 e. The number of nitrogens with one attached hydrogen (secondary N) is 1. The zero-order chi connectivity index (χ0) is 16.5. The Labute approximate surface area is 139 Å². The fraction of sp³-hybridized carbons (Fsp3) is 0.158. The number of carbonyl (C=O) groups excluding carboxylic acids is 1. The fourth-order valence-corrected chi connectivity index (χ4v) is 2.85. The number of para-hydroxylation sites is 1. The molecule has 1 N–H and O–H groups in total. The first-order chi connectivity index (χ1) is 11.7. The number of carbonyl (C=O) groups is 1. The lowest BCUT2D eigenvalue weighted by Gasteiger charge is -2.14. The second-order valence-electron chi connectivity index (χ2n) is 5.86. The summed E-state index contributed by atoms with van der Waals surface area (Å²) in [6.45, 7) is 1.97. The van der Waals surface area contributed by atoms with Crippen molar-refractivity contribution >= 4 is 11.6 Å². The van der Waals surface area contributed by atoms with Crippen molar-refractivity contribution in [1.29, 1.82) is 0 Å². The van der Waals surface area contributed by atoms with Crippen molar-refractivity contribution in [3.05, 3.63) is 72.1 Å². The van der Waals surface area contributed by atoms with Gasteiger partial charge in [0.25, 0.3) is 5.91 Å². The molecule has 24 heavy (non-hydrogen) atoms. The third-order valence-electron chi connectivity index (χ3n) is 4.19. The Morgan fingerprint density at radius 2 is 2.12 bits per heavy atom. The van der Waals surface area contributed by atoms with E-state index in [4.69, 9.17) is 4.74 Å². The van der Waals surface area contributed by atoms with Crippen molar-refractivity contribution in [2.24, 2.45) is 0 Å². The first kappa shape index (κ1) is 14.5. The summed E-state index contributed by atoms with van der Waals surface area (Å²) in [6.07, 6.45) is 3.70. The molecule has 0 bridgehead atoms. The molecule has 0 saturated heterocycles. The number of nitrogens with zero attached hydrogens (tertiary/aromatic N) is 2. The van der Waals surface area contributed by atoms with E-state index < -0.39 is 6.10 Å². The van der Waals surface area contributed by atoms with Crippen LogP contribution in [0, 0.1) is 6.92 Å². The largest absolute Gasteiger partial charge is 0.480 e. The highest BCUT2D eigenvalue weighted by Gasteiger charge is 2.29. The highest BCUT2D eigenvalue weighted by molar-refractivity contribution is 5.96. The number of hydrogen-bond donors (Lipinski definition) is 1. The Kier molecular flexibility index (Phi) is 3.54. The van der Waals surface area contributed by atoms with E-state index in [2.05, 4.69) is 10.4 Å². The van der Waals surface area contributed by atoms with E-state index in [1.54, 1.807) is 10.9 Å². The standard InChI is InChI=1S/C19H17N3O2/c1-13-7-8-15(22-10-4-9-20-22)12-16(13)21-19(23)18-11-14-5-2-3-6-17(14)24-18/h2-10,12,18H,11H2,1H3,(H,21,23)/t18-/m0/s1. The minimum Gasteiger partial charge on any atom is -0.480 e. The average Bonchev–Trinajstić information content (AvgIpc) is 3.26.